The molecule has 0 aromatic heterocycles. The lowest BCUT2D eigenvalue weighted by Crippen LogP contribution is -2.17. The zero-order chi connectivity index (χ0) is 13.4. The molecule has 1 heterocycles. The summed E-state index contributed by atoms with van der Waals surface area (Å²) in [5, 5.41) is 3.49. The zero-order valence-electron chi connectivity index (χ0n) is 11.5. The normalized spacial score (nSPS) is 20.9. The average molecular weight is 265 g/mol. The van der Waals surface area contributed by atoms with E-state index in [-0.39, 0.29) is 0 Å². The van der Waals surface area contributed by atoms with Crippen LogP contribution in [-0.4, -0.2) is 12.6 Å². The van der Waals surface area contributed by atoms with E-state index in [4.69, 9.17) is 4.74 Å². The van der Waals surface area contributed by atoms with Crippen LogP contribution >= 0.6 is 0 Å². The molecule has 1 atom stereocenters. The molecule has 102 valence electrons. The average Bonchev–Trinajstić information content (AvgIpc) is 3.31. The maximum atomic E-state index is 5.93. The van der Waals surface area contributed by atoms with Crippen molar-refractivity contribution in [1.82, 2.24) is 0 Å². The van der Waals surface area contributed by atoms with Crippen LogP contribution in [0.1, 0.15) is 36.3 Å². The second-order valence-electron chi connectivity index (χ2n) is 5.74. The minimum absolute atomic E-state index is 0.463. The van der Waals surface area contributed by atoms with Crippen molar-refractivity contribution in [2.75, 3.05) is 11.9 Å². The lowest BCUT2D eigenvalue weighted by Gasteiger charge is -2.27. The minimum Gasteiger partial charge on any atom is -0.490 e. The maximum Gasteiger partial charge on any atom is 0.120 e. The highest BCUT2D eigenvalue weighted by molar-refractivity contribution is 5.57. The third-order valence-electron chi connectivity index (χ3n) is 4.17. The maximum absolute atomic E-state index is 5.93. The van der Waals surface area contributed by atoms with E-state index in [1.54, 1.807) is 0 Å². The number of fused-ring (bicyclic) bond motifs is 1. The summed E-state index contributed by atoms with van der Waals surface area (Å²) in [6.07, 6.45) is 4.02. The molecule has 0 spiro atoms. The van der Waals surface area contributed by atoms with Crippen molar-refractivity contribution in [2.45, 2.75) is 31.3 Å². The Morgan fingerprint density at radius 3 is 2.75 bits per heavy atom. The summed E-state index contributed by atoms with van der Waals surface area (Å²) in [5.74, 6) is 1.51. The molecule has 4 rings (SSSR count). The zero-order valence-corrected chi connectivity index (χ0v) is 11.5. The van der Waals surface area contributed by atoms with E-state index >= 15 is 0 Å². The SMILES string of the molecule is c1cc(OC2CC2)cc(C2CCNc3ccccc32)c1. The van der Waals surface area contributed by atoms with Gasteiger partial charge in [0.15, 0.2) is 0 Å². The number of hydrogen-bond acceptors (Lipinski definition) is 2. The van der Waals surface area contributed by atoms with Gasteiger partial charge in [-0.25, -0.2) is 0 Å². The summed E-state index contributed by atoms with van der Waals surface area (Å²) < 4.78 is 5.93. The number of hydrogen-bond donors (Lipinski definition) is 1. The lowest BCUT2D eigenvalue weighted by molar-refractivity contribution is 0.303. The smallest absolute Gasteiger partial charge is 0.120 e. The Bertz CT molecular complexity index is 618. The van der Waals surface area contributed by atoms with Gasteiger partial charge in [0, 0.05) is 18.2 Å². The molecule has 2 aliphatic rings. The molecular weight excluding hydrogens is 246 g/mol. The van der Waals surface area contributed by atoms with Gasteiger partial charge in [-0.3, -0.25) is 0 Å². The fourth-order valence-electron chi connectivity index (χ4n) is 3.00. The van der Waals surface area contributed by atoms with Crippen LogP contribution in [-0.2, 0) is 0 Å². The van der Waals surface area contributed by atoms with Crippen LogP contribution in [0.2, 0.25) is 0 Å². The van der Waals surface area contributed by atoms with Crippen molar-refractivity contribution in [3.8, 4) is 5.75 Å². The predicted octanol–water partition coefficient (Wildman–Crippen LogP) is 4.18. The quantitative estimate of drug-likeness (QED) is 0.899. The summed E-state index contributed by atoms with van der Waals surface area (Å²) in [4.78, 5) is 0. The van der Waals surface area contributed by atoms with Crippen LogP contribution in [0, 0.1) is 0 Å². The van der Waals surface area contributed by atoms with Gasteiger partial charge in [-0.2, -0.15) is 0 Å². The van der Waals surface area contributed by atoms with Gasteiger partial charge in [-0.15, -0.1) is 0 Å². The molecule has 20 heavy (non-hydrogen) atoms. The highest BCUT2D eigenvalue weighted by atomic mass is 16.5. The summed E-state index contributed by atoms with van der Waals surface area (Å²) >= 11 is 0. The van der Waals surface area contributed by atoms with E-state index in [0.717, 1.165) is 18.7 Å². The number of benzene rings is 2. The van der Waals surface area contributed by atoms with Gasteiger partial charge in [-0.05, 0) is 48.6 Å². The summed E-state index contributed by atoms with van der Waals surface area (Å²) in [6, 6.07) is 17.3. The van der Waals surface area contributed by atoms with Crippen molar-refractivity contribution < 1.29 is 4.74 Å². The van der Waals surface area contributed by atoms with Crippen molar-refractivity contribution in [3.63, 3.8) is 0 Å². The van der Waals surface area contributed by atoms with Crippen LogP contribution in [0.3, 0.4) is 0 Å². The molecule has 2 nitrogen and oxygen atoms in total. The Balaban J connectivity index is 1.67. The fourth-order valence-corrected chi connectivity index (χ4v) is 3.00. The Morgan fingerprint density at radius 2 is 1.85 bits per heavy atom. The number of nitrogens with one attached hydrogen (secondary N) is 1. The Kier molecular flexibility index (Phi) is 2.87. The van der Waals surface area contributed by atoms with E-state index in [0.29, 0.717) is 12.0 Å². The molecule has 2 heteroatoms. The first kappa shape index (κ1) is 11.8. The van der Waals surface area contributed by atoms with E-state index in [2.05, 4.69) is 53.8 Å². The molecule has 0 radical (unpaired) electrons. The first-order chi connectivity index (χ1) is 9.90. The third kappa shape index (κ3) is 2.26. The molecule has 1 unspecified atom stereocenters. The molecule has 2 aromatic rings. The van der Waals surface area contributed by atoms with Gasteiger partial charge in [0.25, 0.3) is 0 Å². The molecule has 0 amide bonds. The van der Waals surface area contributed by atoms with Crippen LogP contribution in [0.25, 0.3) is 0 Å². The second-order valence-corrected chi connectivity index (χ2v) is 5.74. The molecule has 1 saturated carbocycles. The van der Waals surface area contributed by atoms with E-state index < -0.39 is 0 Å². The molecule has 1 fully saturated rings. The Morgan fingerprint density at radius 1 is 0.950 bits per heavy atom. The van der Waals surface area contributed by atoms with Crippen LogP contribution < -0.4 is 10.1 Å². The number of anilines is 1. The second kappa shape index (κ2) is 4.86. The molecular formula is C18H19NO. The van der Waals surface area contributed by atoms with Gasteiger partial charge in [0.1, 0.15) is 5.75 Å². The summed E-state index contributed by atoms with van der Waals surface area (Å²) in [5.41, 5.74) is 4.05. The standard InChI is InChI=1S/C18H19NO/c1-2-7-18-17(6-1)16(10-11-19-18)13-4-3-5-15(12-13)20-14-8-9-14/h1-7,12,14,16,19H,8-11H2. The van der Waals surface area contributed by atoms with Crippen LogP contribution in [0.15, 0.2) is 48.5 Å². The van der Waals surface area contributed by atoms with E-state index in [9.17, 15) is 0 Å². The van der Waals surface area contributed by atoms with Crippen molar-refractivity contribution in [2.24, 2.45) is 0 Å². The fraction of sp³-hybridized carbons (Fsp3) is 0.333. The molecule has 1 N–H and O–H groups in total. The number of ether oxygens (including phenoxy) is 1. The molecule has 2 aromatic carbocycles. The summed E-state index contributed by atoms with van der Waals surface area (Å²) in [7, 11) is 0. The Labute approximate surface area is 119 Å². The number of rotatable bonds is 3. The Hall–Kier alpha value is -1.96. The first-order valence-electron chi connectivity index (χ1n) is 7.49. The van der Waals surface area contributed by atoms with Gasteiger partial charge in [0.05, 0.1) is 6.10 Å². The van der Waals surface area contributed by atoms with Gasteiger partial charge >= 0.3 is 0 Å². The third-order valence-corrected chi connectivity index (χ3v) is 4.17. The molecule has 1 aliphatic carbocycles. The van der Waals surface area contributed by atoms with Crippen molar-refractivity contribution >= 4 is 5.69 Å². The van der Waals surface area contributed by atoms with Gasteiger partial charge < -0.3 is 10.1 Å². The van der Waals surface area contributed by atoms with E-state index in [1.807, 2.05) is 0 Å². The monoisotopic (exact) mass is 265 g/mol. The van der Waals surface area contributed by atoms with Gasteiger partial charge in [-0.1, -0.05) is 30.3 Å². The van der Waals surface area contributed by atoms with Crippen molar-refractivity contribution in [1.29, 1.82) is 0 Å². The van der Waals surface area contributed by atoms with Gasteiger partial charge in [0.2, 0.25) is 0 Å². The largest absolute Gasteiger partial charge is 0.490 e. The highest BCUT2D eigenvalue weighted by Crippen LogP contribution is 2.37. The van der Waals surface area contributed by atoms with Crippen LogP contribution in [0.4, 0.5) is 5.69 Å². The minimum atomic E-state index is 0.463. The molecule has 0 saturated heterocycles. The topological polar surface area (TPSA) is 21.3 Å². The van der Waals surface area contributed by atoms with Crippen molar-refractivity contribution in [3.05, 3.63) is 59.7 Å². The lowest BCUT2D eigenvalue weighted by atomic mass is 9.85. The van der Waals surface area contributed by atoms with Crippen LogP contribution in [0.5, 0.6) is 5.75 Å². The van der Waals surface area contributed by atoms with E-state index in [1.165, 1.54) is 29.7 Å². The summed E-state index contributed by atoms with van der Waals surface area (Å²) in [6.45, 7) is 1.04. The molecule has 0 bridgehead atoms. The highest BCUT2D eigenvalue weighted by Gasteiger charge is 2.25. The predicted molar refractivity (Wildman–Crippen MR) is 81.5 cm³/mol. The first-order valence-corrected chi connectivity index (χ1v) is 7.49. The molecule has 1 aliphatic heterocycles. The number of para-hydroxylation sites is 1.